The SMILES string of the molecule is O=C(COc1cccc(C(F)(F)F)c1)c1ccc(Cl)s1. The van der Waals surface area contributed by atoms with Crippen LogP contribution in [0.5, 0.6) is 5.75 Å². The molecule has 1 heterocycles. The lowest BCUT2D eigenvalue weighted by atomic mass is 10.2. The third kappa shape index (κ3) is 3.74. The monoisotopic (exact) mass is 320 g/mol. The van der Waals surface area contributed by atoms with E-state index >= 15 is 0 Å². The topological polar surface area (TPSA) is 26.3 Å². The third-order valence-electron chi connectivity index (χ3n) is 2.38. The van der Waals surface area contributed by atoms with Gasteiger partial charge in [0.15, 0.2) is 6.61 Å². The van der Waals surface area contributed by atoms with Gasteiger partial charge in [-0.1, -0.05) is 17.7 Å². The summed E-state index contributed by atoms with van der Waals surface area (Å²) >= 11 is 6.79. The van der Waals surface area contributed by atoms with Crippen LogP contribution in [0.3, 0.4) is 0 Å². The molecule has 0 amide bonds. The number of carbonyl (C=O) groups is 1. The normalized spacial score (nSPS) is 11.4. The average Bonchev–Trinajstić information content (AvgIpc) is 2.82. The second-order valence-electron chi connectivity index (χ2n) is 3.84. The lowest BCUT2D eigenvalue weighted by Gasteiger charge is -2.09. The molecule has 20 heavy (non-hydrogen) atoms. The zero-order chi connectivity index (χ0) is 14.8. The first kappa shape index (κ1) is 14.9. The summed E-state index contributed by atoms with van der Waals surface area (Å²) in [6.07, 6.45) is -4.44. The van der Waals surface area contributed by atoms with Crippen LogP contribution < -0.4 is 4.74 Å². The molecule has 2 aromatic rings. The van der Waals surface area contributed by atoms with Gasteiger partial charge in [-0.25, -0.2) is 0 Å². The largest absolute Gasteiger partial charge is 0.485 e. The summed E-state index contributed by atoms with van der Waals surface area (Å²) in [4.78, 5) is 12.1. The minimum Gasteiger partial charge on any atom is -0.485 e. The standard InChI is InChI=1S/C13H8ClF3O2S/c14-12-5-4-11(20-12)10(18)7-19-9-3-1-2-8(6-9)13(15,16)17/h1-6H,7H2. The number of hydrogen-bond acceptors (Lipinski definition) is 3. The Morgan fingerprint density at radius 2 is 2.00 bits per heavy atom. The molecule has 7 heteroatoms. The first-order valence-electron chi connectivity index (χ1n) is 5.45. The Bertz CT molecular complexity index is 622. The smallest absolute Gasteiger partial charge is 0.416 e. The molecular formula is C13H8ClF3O2S. The van der Waals surface area contributed by atoms with Crippen molar-refractivity contribution in [3.8, 4) is 5.75 Å². The number of ether oxygens (including phenoxy) is 1. The predicted octanol–water partition coefficient (Wildman–Crippen LogP) is 4.68. The van der Waals surface area contributed by atoms with E-state index in [1.54, 1.807) is 12.1 Å². The lowest BCUT2D eigenvalue weighted by Crippen LogP contribution is -2.11. The second-order valence-corrected chi connectivity index (χ2v) is 5.56. The zero-order valence-electron chi connectivity index (χ0n) is 9.91. The molecule has 0 atom stereocenters. The second kappa shape index (κ2) is 5.85. The van der Waals surface area contributed by atoms with Gasteiger partial charge in [0.1, 0.15) is 5.75 Å². The molecule has 1 aromatic heterocycles. The van der Waals surface area contributed by atoms with Gasteiger partial charge in [-0.3, -0.25) is 4.79 Å². The van der Waals surface area contributed by atoms with Gasteiger partial charge in [-0.2, -0.15) is 13.2 Å². The molecule has 1 aromatic carbocycles. The van der Waals surface area contributed by atoms with Crippen LogP contribution in [0.15, 0.2) is 36.4 Å². The van der Waals surface area contributed by atoms with Gasteiger partial charge >= 0.3 is 6.18 Å². The molecule has 0 saturated carbocycles. The van der Waals surface area contributed by atoms with Crippen LogP contribution in [-0.2, 0) is 6.18 Å². The van der Waals surface area contributed by atoms with Gasteiger partial charge in [0, 0.05) is 0 Å². The number of ketones is 1. The van der Waals surface area contributed by atoms with Crippen molar-refractivity contribution < 1.29 is 22.7 Å². The fourth-order valence-electron chi connectivity index (χ4n) is 1.45. The molecule has 0 aliphatic carbocycles. The Labute approximate surface area is 121 Å². The molecule has 106 valence electrons. The van der Waals surface area contributed by atoms with Crippen LogP contribution in [0.25, 0.3) is 0 Å². The number of Topliss-reactive ketones (excluding diaryl/α,β-unsaturated/α-hetero) is 1. The van der Waals surface area contributed by atoms with Crippen LogP contribution in [0.4, 0.5) is 13.2 Å². The van der Waals surface area contributed by atoms with Crippen molar-refractivity contribution in [1.82, 2.24) is 0 Å². The maximum atomic E-state index is 12.5. The number of benzene rings is 1. The number of carbonyl (C=O) groups excluding carboxylic acids is 1. The molecule has 0 aliphatic rings. The summed E-state index contributed by atoms with van der Waals surface area (Å²) in [5, 5.41) is 0. The van der Waals surface area contributed by atoms with E-state index in [0.717, 1.165) is 23.5 Å². The summed E-state index contributed by atoms with van der Waals surface area (Å²) in [6.45, 7) is -0.335. The molecule has 0 aliphatic heterocycles. The fraction of sp³-hybridized carbons (Fsp3) is 0.154. The van der Waals surface area contributed by atoms with E-state index in [4.69, 9.17) is 16.3 Å². The van der Waals surface area contributed by atoms with E-state index in [1.807, 2.05) is 0 Å². The Morgan fingerprint density at radius 3 is 2.60 bits per heavy atom. The van der Waals surface area contributed by atoms with Crippen LogP contribution in [0.1, 0.15) is 15.2 Å². The van der Waals surface area contributed by atoms with E-state index < -0.39 is 11.7 Å². The van der Waals surface area contributed by atoms with Crippen LogP contribution in [0.2, 0.25) is 4.34 Å². The van der Waals surface area contributed by atoms with Gasteiger partial charge in [-0.05, 0) is 30.3 Å². The third-order valence-corrected chi connectivity index (χ3v) is 3.65. The van der Waals surface area contributed by atoms with Crippen molar-refractivity contribution in [2.45, 2.75) is 6.18 Å². The van der Waals surface area contributed by atoms with Crippen LogP contribution >= 0.6 is 22.9 Å². The quantitative estimate of drug-likeness (QED) is 0.764. The summed E-state index contributed by atoms with van der Waals surface area (Å²) in [7, 11) is 0. The molecule has 0 spiro atoms. The van der Waals surface area contributed by atoms with E-state index in [1.165, 1.54) is 12.1 Å². The summed E-state index contributed by atoms with van der Waals surface area (Å²) in [5.41, 5.74) is -0.818. The molecule has 0 fully saturated rings. The van der Waals surface area contributed by atoms with Crippen molar-refractivity contribution in [3.63, 3.8) is 0 Å². The molecule has 2 nitrogen and oxygen atoms in total. The van der Waals surface area contributed by atoms with E-state index in [9.17, 15) is 18.0 Å². The molecular weight excluding hydrogens is 313 g/mol. The Hall–Kier alpha value is -1.53. The zero-order valence-corrected chi connectivity index (χ0v) is 11.5. The highest BCUT2D eigenvalue weighted by Crippen LogP contribution is 2.31. The molecule has 2 rings (SSSR count). The Morgan fingerprint density at radius 1 is 1.25 bits per heavy atom. The maximum absolute atomic E-state index is 12.5. The number of alkyl halides is 3. The molecule has 0 saturated heterocycles. The average molecular weight is 321 g/mol. The first-order valence-corrected chi connectivity index (χ1v) is 6.64. The Kier molecular flexibility index (Phi) is 4.35. The number of thiophene rings is 1. The van der Waals surface area contributed by atoms with E-state index in [-0.39, 0.29) is 18.1 Å². The highest BCUT2D eigenvalue weighted by atomic mass is 35.5. The highest BCUT2D eigenvalue weighted by Gasteiger charge is 2.30. The van der Waals surface area contributed by atoms with E-state index in [0.29, 0.717) is 9.21 Å². The maximum Gasteiger partial charge on any atom is 0.416 e. The lowest BCUT2D eigenvalue weighted by molar-refractivity contribution is -0.137. The number of halogens is 4. The van der Waals surface area contributed by atoms with Crippen molar-refractivity contribution >= 4 is 28.7 Å². The van der Waals surface area contributed by atoms with Crippen molar-refractivity contribution in [3.05, 3.63) is 51.2 Å². The minimum absolute atomic E-state index is 0.00386. The molecule has 0 N–H and O–H groups in total. The van der Waals surface area contributed by atoms with Crippen LogP contribution in [0, 0.1) is 0 Å². The highest BCUT2D eigenvalue weighted by molar-refractivity contribution is 7.18. The van der Waals surface area contributed by atoms with Crippen molar-refractivity contribution in [1.29, 1.82) is 0 Å². The number of rotatable bonds is 4. The van der Waals surface area contributed by atoms with Crippen molar-refractivity contribution in [2.24, 2.45) is 0 Å². The first-order chi connectivity index (χ1) is 9.36. The Balaban J connectivity index is 2.02. The summed E-state index contributed by atoms with van der Waals surface area (Å²) in [6, 6.07) is 7.51. The van der Waals surface area contributed by atoms with Crippen molar-refractivity contribution in [2.75, 3.05) is 6.61 Å². The van der Waals surface area contributed by atoms with Gasteiger partial charge in [0.25, 0.3) is 0 Å². The summed E-state index contributed by atoms with van der Waals surface area (Å²) < 4.78 is 43.0. The number of hydrogen-bond donors (Lipinski definition) is 0. The predicted molar refractivity (Wildman–Crippen MR) is 70.6 cm³/mol. The van der Waals surface area contributed by atoms with Gasteiger partial charge in [-0.15, -0.1) is 11.3 Å². The molecule has 0 unspecified atom stereocenters. The van der Waals surface area contributed by atoms with Gasteiger partial charge < -0.3 is 4.74 Å². The van der Waals surface area contributed by atoms with E-state index in [2.05, 4.69) is 0 Å². The van der Waals surface area contributed by atoms with Gasteiger partial charge in [0.05, 0.1) is 14.8 Å². The minimum atomic E-state index is -4.44. The van der Waals surface area contributed by atoms with Gasteiger partial charge in [0.2, 0.25) is 5.78 Å². The van der Waals surface area contributed by atoms with Crippen LogP contribution in [-0.4, -0.2) is 12.4 Å². The molecule has 0 bridgehead atoms. The molecule has 0 radical (unpaired) electrons. The fourth-order valence-corrected chi connectivity index (χ4v) is 2.41. The summed E-state index contributed by atoms with van der Waals surface area (Å²) in [5.74, 6) is -0.338.